The number of nitrogens with one attached hydrogen (secondary N) is 1. The molecule has 22 heavy (non-hydrogen) atoms. The van der Waals surface area contributed by atoms with Gasteiger partial charge in [-0.15, -0.1) is 0 Å². The molecule has 116 valence electrons. The van der Waals surface area contributed by atoms with Crippen LogP contribution in [0, 0.1) is 0 Å². The van der Waals surface area contributed by atoms with Crippen molar-refractivity contribution in [3.05, 3.63) is 65.7 Å². The van der Waals surface area contributed by atoms with E-state index >= 15 is 0 Å². The van der Waals surface area contributed by atoms with Crippen LogP contribution in [0.5, 0.6) is 0 Å². The van der Waals surface area contributed by atoms with Gasteiger partial charge in [-0.05, 0) is 42.5 Å². The quantitative estimate of drug-likeness (QED) is 0.586. The summed E-state index contributed by atoms with van der Waals surface area (Å²) < 4.78 is 4.65. The van der Waals surface area contributed by atoms with Gasteiger partial charge in [-0.1, -0.05) is 42.5 Å². The number of hydrogen-bond acceptors (Lipinski definition) is 3. The van der Waals surface area contributed by atoms with Crippen molar-refractivity contribution in [1.82, 2.24) is 0 Å². The van der Waals surface area contributed by atoms with Crippen LogP contribution in [0.15, 0.2) is 54.6 Å². The first-order chi connectivity index (χ1) is 10.8. The average Bonchev–Trinajstić information content (AvgIpc) is 2.58. The van der Waals surface area contributed by atoms with Gasteiger partial charge in [0.2, 0.25) is 0 Å². The Kier molecular flexibility index (Phi) is 6.49. The molecular formula is C19H23NO2. The fourth-order valence-electron chi connectivity index (χ4n) is 2.34. The largest absolute Gasteiger partial charge is 0.469 e. The zero-order valence-corrected chi connectivity index (χ0v) is 13.0. The molecule has 0 aliphatic rings. The van der Waals surface area contributed by atoms with Crippen molar-refractivity contribution in [2.75, 3.05) is 12.4 Å². The van der Waals surface area contributed by atoms with E-state index in [-0.39, 0.29) is 5.97 Å². The lowest BCUT2D eigenvalue weighted by molar-refractivity contribution is -0.140. The number of carbonyl (C=O) groups excluding carboxylic acids is 1. The van der Waals surface area contributed by atoms with Crippen molar-refractivity contribution in [2.24, 2.45) is 0 Å². The summed E-state index contributed by atoms with van der Waals surface area (Å²) in [5, 5.41) is 3.44. The second-order valence-electron chi connectivity index (χ2n) is 5.32. The molecule has 3 heteroatoms. The predicted octanol–water partition coefficient (Wildman–Crippen LogP) is 4.18. The summed E-state index contributed by atoms with van der Waals surface area (Å²) >= 11 is 0. The lowest BCUT2D eigenvalue weighted by Gasteiger charge is -2.08. The second kappa shape index (κ2) is 8.88. The summed E-state index contributed by atoms with van der Waals surface area (Å²) in [4.78, 5) is 11.1. The SMILES string of the molecule is COC(=O)CCCCc1cccc(NCc2ccccc2)c1. The number of ether oxygens (including phenoxy) is 1. The van der Waals surface area contributed by atoms with Crippen molar-refractivity contribution >= 4 is 11.7 Å². The van der Waals surface area contributed by atoms with E-state index < -0.39 is 0 Å². The Balaban J connectivity index is 1.78. The van der Waals surface area contributed by atoms with Crippen LogP contribution >= 0.6 is 0 Å². The van der Waals surface area contributed by atoms with Gasteiger partial charge in [0, 0.05) is 18.7 Å². The van der Waals surface area contributed by atoms with Gasteiger partial charge in [0.15, 0.2) is 0 Å². The highest BCUT2D eigenvalue weighted by molar-refractivity contribution is 5.68. The molecule has 0 fully saturated rings. The van der Waals surface area contributed by atoms with Crippen LogP contribution in [0.2, 0.25) is 0 Å². The molecule has 0 saturated carbocycles. The minimum Gasteiger partial charge on any atom is -0.469 e. The van der Waals surface area contributed by atoms with Crippen molar-refractivity contribution < 1.29 is 9.53 Å². The summed E-state index contributed by atoms with van der Waals surface area (Å²) in [6, 6.07) is 18.8. The highest BCUT2D eigenvalue weighted by Gasteiger charge is 2.01. The van der Waals surface area contributed by atoms with E-state index in [2.05, 4.69) is 58.6 Å². The number of carbonyl (C=O) groups is 1. The number of hydrogen-bond donors (Lipinski definition) is 1. The van der Waals surface area contributed by atoms with Gasteiger partial charge in [-0.25, -0.2) is 0 Å². The molecule has 0 aromatic heterocycles. The average molecular weight is 297 g/mol. The minimum absolute atomic E-state index is 0.127. The number of methoxy groups -OCH3 is 1. The van der Waals surface area contributed by atoms with Crippen LogP contribution in [0.3, 0.4) is 0 Å². The second-order valence-corrected chi connectivity index (χ2v) is 5.32. The summed E-state index contributed by atoms with van der Waals surface area (Å²) in [7, 11) is 1.43. The van der Waals surface area contributed by atoms with Crippen LogP contribution in [0.4, 0.5) is 5.69 Å². The number of esters is 1. The number of rotatable bonds is 8. The van der Waals surface area contributed by atoms with E-state index in [1.54, 1.807) is 0 Å². The molecule has 0 unspecified atom stereocenters. The molecule has 0 spiro atoms. The first-order valence-electron chi connectivity index (χ1n) is 7.71. The maximum absolute atomic E-state index is 11.1. The monoisotopic (exact) mass is 297 g/mol. The molecule has 0 aliphatic heterocycles. The van der Waals surface area contributed by atoms with Gasteiger partial charge in [0.25, 0.3) is 0 Å². The molecule has 0 aliphatic carbocycles. The van der Waals surface area contributed by atoms with Crippen LogP contribution in [-0.2, 0) is 22.5 Å². The highest BCUT2D eigenvalue weighted by atomic mass is 16.5. The topological polar surface area (TPSA) is 38.3 Å². The number of anilines is 1. The van der Waals surface area contributed by atoms with Crippen LogP contribution in [0.1, 0.15) is 30.4 Å². The van der Waals surface area contributed by atoms with Crippen molar-refractivity contribution in [1.29, 1.82) is 0 Å². The molecule has 0 heterocycles. The van der Waals surface area contributed by atoms with Gasteiger partial charge in [0.05, 0.1) is 7.11 Å². The standard InChI is InChI=1S/C19H23NO2/c1-22-19(21)13-6-5-8-16-11-7-12-18(14-16)20-15-17-9-3-2-4-10-17/h2-4,7,9-12,14,20H,5-6,8,13,15H2,1H3. The van der Waals surface area contributed by atoms with Crippen molar-refractivity contribution in [3.63, 3.8) is 0 Å². The number of benzene rings is 2. The smallest absolute Gasteiger partial charge is 0.305 e. The first-order valence-corrected chi connectivity index (χ1v) is 7.71. The Morgan fingerprint density at radius 2 is 1.77 bits per heavy atom. The minimum atomic E-state index is -0.127. The zero-order valence-electron chi connectivity index (χ0n) is 13.0. The fraction of sp³-hybridized carbons (Fsp3) is 0.316. The molecule has 2 rings (SSSR count). The maximum atomic E-state index is 11.1. The van der Waals surface area contributed by atoms with Gasteiger partial charge in [-0.3, -0.25) is 4.79 Å². The Hall–Kier alpha value is -2.29. The first kappa shape index (κ1) is 16.1. The Morgan fingerprint density at radius 3 is 2.55 bits per heavy atom. The zero-order chi connectivity index (χ0) is 15.6. The molecule has 0 saturated heterocycles. The summed E-state index contributed by atoms with van der Waals surface area (Å²) in [6.07, 6.45) is 3.35. The fourth-order valence-corrected chi connectivity index (χ4v) is 2.34. The van der Waals surface area contributed by atoms with E-state index in [0.29, 0.717) is 6.42 Å². The molecule has 1 N–H and O–H groups in total. The van der Waals surface area contributed by atoms with E-state index in [1.807, 2.05) is 6.07 Å². The van der Waals surface area contributed by atoms with Crippen molar-refractivity contribution in [3.8, 4) is 0 Å². The van der Waals surface area contributed by atoms with E-state index in [1.165, 1.54) is 18.2 Å². The van der Waals surface area contributed by atoms with E-state index in [9.17, 15) is 4.79 Å². The normalized spacial score (nSPS) is 10.2. The molecule has 2 aromatic rings. The molecule has 0 radical (unpaired) electrons. The predicted molar refractivity (Wildman–Crippen MR) is 89.8 cm³/mol. The lowest BCUT2D eigenvalue weighted by atomic mass is 10.1. The summed E-state index contributed by atoms with van der Waals surface area (Å²) in [5.41, 5.74) is 3.70. The highest BCUT2D eigenvalue weighted by Crippen LogP contribution is 2.14. The Bertz CT molecular complexity index is 581. The van der Waals surface area contributed by atoms with Crippen LogP contribution in [-0.4, -0.2) is 13.1 Å². The van der Waals surface area contributed by atoms with Crippen LogP contribution < -0.4 is 5.32 Å². The molecule has 0 atom stereocenters. The third kappa shape index (κ3) is 5.60. The maximum Gasteiger partial charge on any atom is 0.305 e. The lowest BCUT2D eigenvalue weighted by Crippen LogP contribution is -2.01. The van der Waals surface area contributed by atoms with Gasteiger partial charge in [-0.2, -0.15) is 0 Å². The van der Waals surface area contributed by atoms with Crippen LogP contribution in [0.25, 0.3) is 0 Å². The number of aryl methyl sites for hydroxylation is 1. The van der Waals surface area contributed by atoms with Crippen molar-refractivity contribution in [2.45, 2.75) is 32.2 Å². The summed E-state index contributed by atoms with van der Waals surface area (Å²) in [5.74, 6) is -0.127. The third-order valence-electron chi connectivity index (χ3n) is 3.59. The molecular weight excluding hydrogens is 274 g/mol. The van der Waals surface area contributed by atoms with Gasteiger partial charge >= 0.3 is 5.97 Å². The van der Waals surface area contributed by atoms with Gasteiger partial charge in [0.1, 0.15) is 0 Å². The molecule has 2 aromatic carbocycles. The van der Waals surface area contributed by atoms with E-state index in [4.69, 9.17) is 0 Å². The third-order valence-corrected chi connectivity index (χ3v) is 3.59. The molecule has 3 nitrogen and oxygen atoms in total. The molecule has 0 amide bonds. The van der Waals surface area contributed by atoms with Gasteiger partial charge < -0.3 is 10.1 Å². The Labute approximate surface area is 132 Å². The number of unbranched alkanes of at least 4 members (excludes halogenated alkanes) is 1. The van der Waals surface area contributed by atoms with E-state index in [0.717, 1.165) is 31.5 Å². The Morgan fingerprint density at radius 1 is 1.00 bits per heavy atom. The summed E-state index contributed by atoms with van der Waals surface area (Å²) in [6.45, 7) is 0.826. The molecule has 0 bridgehead atoms.